The largest absolute Gasteiger partial charge is 0.497 e. The molecule has 0 radical (unpaired) electrons. The summed E-state index contributed by atoms with van der Waals surface area (Å²) < 4.78 is 31.8. The lowest BCUT2D eigenvalue weighted by Gasteiger charge is -2.14. The number of aromatic amines is 3. The number of pyridine rings is 4. The van der Waals surface area contributed by atoms with Gasteiger partial charge in [-0.05, 0) is 269 Å². The predicted molar refractivity (Wildman–Crippen MR) is 534 cm³/mol. The highest BCUT2D eigenvalue weighted by molar-refractivity contribution is 6.38. The molecular formula is C101H64Cl6N28O5. The van der Waals surface area contributed by atoms with E-state index in [1.165, 1.54) is 19.0 Å². The molecule has 0 saturated heterocycles. The molecule has 0 aliphatic heterocycles. The summed E-state index contributed by atoms with van der Waals surface area (Å²) in [7, 11) is 1.63. The number of halogens is 6. The summed E-state index contributed by atoms with van der Waals surface area (Å²) in [6, 6.07) is 75.4. The molecule has 0 amide bonds. The fraction of sp³-hybridized carbons (Fsp3) is 0.0297. The fourth-order valence-electron chi connectivity index (χ4n) is 14.0. The summed E-state index contributed by atoms with van der Waals surface area (Å²) in [5, 5.41) is 50.6. The van der Waals surface area contributed by atoms with Crippen LogP contribution in [0.15, 0.2) is 299 Å². The zero-order valence-corrected chi connectivity index (χ0v) is 77.2. The Kier molecular flexibility index (Phi) is 28.0. The quantitative estimate of drug-likeness (QED) is 0.0313. The number of imidazole rings is 4. The maximum absolute atomic E-state index is 9.12. The summed E-state index contributed by atoms with van der Waals surface area (Å²) in [6.07, 6.45) is 19.9. The number of fused-ring (bicyclic) bond motifs is 4. The van der Waals surface area contributed by atoms with Crippen LogP contribution in [-0.4, -0.2) is 106 Å². The highest BCUT2D eigenvalue weighted by atomic mass is 35.5. The van der Waals surface area contributed by atoms with Crippen LogP contribution in [0.4, 0.5) is 46.5 Å². The Bertz CT molecular complexity index is 7990. The van der Waals surface area contributed by atoms with Crippen LogP contribution < -0.4 is 45.0 Å². The van der Waals surface area contributed by atoms with Crippen molar-refractivity contribution in [3.8, 4) is 121 Å². The van der Waals surface area contributed by atoms with E-state index in [4.69, 9.17) is 114 Å². The second-order valence-electron chi connectivity index (χ2n) is 30.0. The number of benzene rings is 9. The Balaban J connectivity index is 0.000000124. The van der Waals surface area contributed by atoms with Gasteiger partial charge in [0.15, 0.2) is 45.4 Å². The first kappa shape index (κ1) is 92.1. The van der Waals surface area contributed by atoms with Crippen molar-refractivity contribution in [3.05, 3.63) is 363 Å². The van der Waals surface area contributed by atoms with Gasteiger partial charge in [0, 0.05) is 78.9 Å². The number of anilines is 8. The fourth-order valence-corrected chi connectivity index (χ4v) is 15.6. The molecule has 7 N–H and O–H groups in total. The maximum Gasteiger partial charge on any atom is 0.250 e. The van der Waals surface area contributed by atoms with Crippen molar-refractivity contribution in [3.63, 3.8) is 0 Å². The van der Waals surface area contributed by atoms with E-state index in [0.29, 0.717) is 138 Å². The second-order valence-corrected chi connectivity index (χ2v) is 32.4. The SMILES string of the molecule is COc1ccc(Cn2cnc3nc(Nc4ccc(C#N)cc4)nc(Oc4c(Cl)cc(-c5ccncc5)cc4Cl)c32)cc1.Cc1cc(-c2ccncc2)cc(Cl)c1Oc1nc(Nc2ccc(C#N)cc2)nc2nc[nH]c12.N#Cc1ccc(Nc2nc(Oc3c(Cl)cc(-c4ccncc4)cc3Cl)c3[nH]cnc3n2)cc1.N#Cc1ccc(Nc2nc(Oc3ccc(-c4ccncc4)cc3Cl)c3[nH]cnc3n2)cc1. The topological polar surface area (TPSA) is 448 Å². The highest BCUT2D eigenvalue weighted by Gasteiger charge is 2.25. The minimum absolute atomic E-state index is 0.203. The number of aryl methyl sites for hydroxylation is 1. The molecule has 33 nitrogen and oxygen atoms in total. The van der Waals surface area contributed by atoms with E-state index in [2.05, 4.69) is 140 Å². The molecule has 12 aromatic heterocycles. The van der Waals surface area contributed by atoms with Gasteiger partial charge in [-0.15, -0.1) is 0 Å². The van der Waals surface area contributed by atoms with E-state index in [0.717, 1.165) is 72.8 Å². The van der Waals surface area contributed by atoms with Crippen LogP contribution in [0.2, 0.25) is 30.1 Å². The molecule has 140 heavy (non-hydrogen) atoms. The molecule has 680 valence electrons. The highest BCUT2D eigenvalue weighted by Crippen LogP contribution is 2.46. The minimum atomic E-state index is 0.203. The van der Waals surface area contributed by atoms with E-state index in [9.17, 15) is 0 Å². The Labute approximate surface area is 824 Å². The van der Waals surface area contributed by atoms with Gasteiger partial charge < -0.3 is 64.5 Å². The van der Waals surface area contributed by atoms with Gasteiger partial charge in [0.05, 0.1) is 109 Å². The molecule has 0 fully saturated rings. The smallest absolute Gasteiger partial charge is 0.250 e. The standard InChI is InChI=1S/C31H21Cl2N7O2.C24H16ClN7O.C23H13Cl2N7O.C23H14ClN7O/c1-41-24-8-4-20(5-9-24)17-40-18-36-29-27(40)30(39-31(38-29)37-23-6-2-19(16-34)3-7-23)42-28-25(32)14-22(15-26(28)33)21-10-12-35-13-11-21;1-14-10-17(16-6-8-27-9-7-16)11-19(25)21(14)33-23-20-22(29-13-28-20)31-24(32-23)30-18-4-2-15(12-26)3-5-18;24-17-9-15(14-5-7-27-8-6-14)10-18(25)20(17)33-22-19-21(29-12-28-19)31-23(32-22)30-16-3-1-13(11-26)2-4-16;24-18-11-16(15-7-9-26-10-8-15)3-6-19(18)32-22-20-21(28-13-27-20)30-23(31-22)29-17-4-1-14(12-25)2-5-17/h2-15,18H,17H2,1H3,(H,37,38,39);2-11,13H,1H3,(H2,28,29,30,31,32);1-10,12H,(H2,28,29,30,31,32);1-11,13H,(H2,27,28,29,30,31). The Morgan fingerprint density at radius 2 is 0.643 bits per heavy atom. The summed E-state index contributed by atoms with van der Waals surface area (Å²) in [4.78, 5) is 78.4. The van der Waals surface area contributed by atoms with Crippen LogP contribution in [0.1, 0.15) is 33.4 Å². The lowest BCUT2D eigenvalue weighted by atomic mass is 10.0. The molecule has 0 saturated carbocycles. The van der Waals surface area contributed by atoms with Crippen molar-refractivity contribution in [1.29, 1.82) is 21.0 Å². The number of nitrogens with one attached hydrogen (secondary N) is 7. The number of methoxy groups -OCH3 is 1. The number of rotatable bonds is 23. The number of hydrogen-bond donors (Lipinski definition) is 7. The third-order valence-corrected chi connectivity index (χ3v) is 22.5. The van der Waals surface area contributed by atoms with Crippen molar-refractivity contribution < 1.29 is 23.7 Å². The molecule has 39 heteroatoms. The van der Waals surface area contributed by atoms with Crippen molar-refractivity contribution in [2.24, 2.45) is 0 Å². The minimum Gasteiger partial charge on any atom is -0.497 e. The average Bonchev–Trinajstić information content (AvgIpc) is 1.60. The van der Waals surface area contributed by atoms with Gasteiger partial charge in [-0.1, -0.05) is 87.8 Å². The number of ether oxygens (including phenoxy) is 5. The van der Waals surface area contributed by atoms with Crippen LogP contribution in [-0.2, 0) is 6.54 Å². The number of hydrogen-bond acceptors (Lipinski definition) is 29. The Morgan fingerprint density at radius 1 is 0.321 bits per heavy atom. The monoisotopic (exact) mass is 1960 g/mol. The van der Waals surface area contributed by atoms with Gasteiger partial charge in [0.1, 0.15) is 28.0 Å². The summed E-state index contributed by atoms with van der Waals surface area (Å²) in [5.74, 6) is 4.30. The van der Waals surface area contributed by atoms with Gasteiger partial charge in [-0.3, -0.25) is 19.9 Å². The Hall–Kier alpha value is -18.3. The van der Waals surface area contributed by atoms with Crippen molar-refractivity contribution in [1.82, 2.24) is 99.3 Å². The number of aromatic nitrogens is 20. The Morgan fingerprint density at radius 3 is 1.00 bits per heavy atom. The van der Waals surface area contributed by atoms with Crippen LogP contribution in [0.3, 0.4) is 0 Å². The van der Waals surface area contributed by atoms with Crippen molar-refractivity contribution in [2.45, 2.75) is 13.5 Å². The zero-order valence-electron chi connectivity index (χ0n) is 72.7. The zero-order chi connectivity index (χ0) is 96.5. The summed E-state index contributed by atoms with van der Waals surface area (Å²) in [5.41, 5.74) is 18.2. The van der Waals surface area contributed by atoms with Gasteiger partial charge >= 0.3 is 0 Å². The molecule has 0 bridgehead atoms. The second kappa shape index (κ2) is 42.5. The molecule has 0 aliphatic carbocycles. The van der Waals surface area contributed by atoms with Crippen LogP contribution in [0, 0.1) is 52.2 Å². The number of nitrogens with zero attached hydrogens (tertiary/aromatic N) is 21. The van der Waals surface area contributed by atoms with E-state index >= 15 is 0 Å². The molecule has 0 spiro atoms. The van der Waals surface area contributed by atoms with Crippen LogP contribution in [0.25, 0.3) is 89.2 Å². The van der Waals surface area contributed by atoms with Gasteiger partial charge in [0.2, 0.25) is 23.8 Å². The lowest BCUT2D eigenvalue weighted by Crippen LogP contribution is -2.04. The molecule has 0 atom stereocenters. The van der Waals surface area contributed by atoms with Crippen LogP contribution in [0.5, 0.6) is 52.3 Å². The summed E-state index contributed by atoms with van der Waals surface area (Å²) in [6.45, 7) is 2.40. The first-order valence-corrected chi connectivity index (χ1v) is 44.2. The van der Waals surface area contributed by atoms with E-state index < -0.39 is 0 Å². The van der Waals surface area contributed by atoms with E-state index in [1.54, 1.807) is 190 Å². The van der Waals surface area contributed by atoms with Gasteiger partial charge in [-0.2, -0.15) is 60.9 Å². The normalized spacial score (nSPS) is 10.7. The average molecular weight is 1960 g/mol. The molecule has 0 unspecified atom stereocenters. The number of nitriles is 4. The van der Waals surface area contributed by atoms with Crippen molar-refractivity contribution >= 4 is 161 Å². The molecule has 9 aromatic carbocycles. The lowest BCUT2D eigenvalue weighted by molar-refractivity contribution is 0.414. The van der Waals surface area contributed by atoms with Crippen molar-refractivity contribution in [2.75, 3.05) is 28.4 Å². The molecule has 12 heterocycles. The predicted octanol–water partition coefficient (Wildman–Crippen LogP) is 25.0. The molecule has 21 aromatic rings. The molecule has 21 rings (SSSR count). The number of H-pyrrole nitrogens is 3. The van der Waals surface area contributed by atoms with Gasteiger partial charge in [-0.25, -0.2) is 19.9 Å². The van der Waals surface area contributed by atoms with E-state index in [1.807, 2.05) is 109 Å². The maximum atomic E-state index is 9.12. The molecule has 0 aliphatic rings. The third kappa shape index (κ3) is 21.9. The molecular weight excluding hydrogens is 1900 g/mol. The summed E-state index contributed by atoms with van der Waals surface area (Å²) >= 11 is 39.6. The first-order valence-electron chi connectivity index (χ1n) is 41.9. The first-order chi connectivity index (χ1) is 68.4. The van der Waals surface area contributed by atoms with Gasteiger partial charge in [0.25, 0.3) is 23.5 Å². The van der Waals surface area contributed by atoms with Crippen LogP contribution >= 0.6 is 69.6 Å². The third-order valence-electron chi connectivity index (χ3n) is 20.8. The van der Waals surface area contributed by atoms with E-state index in [-0.39, 0.29) is 46.9 Å².